The van der Waals surface area contributed by atoms with E-state index in [0.29, 0.717) is 16.6 Å². The van der Waals surface area contributed by atoms with Crippen LogP contribution in [0.15, 0.2) is 0 Å². The molecule has 0 radical (unpaired) electrons. The van der Waals surface area contributed by atoms with Crippen LogP contribution in [0, 0.1) is 5.92 Å². The number of hydrogen-bond donors (Lipinski definition) is 1. The predicted octanol–water partition coefficient (Wildman–Crippen LogP) is 5.23. The Morgan fingerprint density at radius 3 is 1.67 bits per heavy atom. The summed E-state index contributed by atoms with van der Waals surface area (Å²) in [5.74, 6) is -0.637. The average molecular weight is 404 g/mol. The smallest absolute Gasteiger partial charge is 0.408 e. The Morgan fingerprint density at radius 1 is 0.889 bits per heavy atom. The number of rotatable bonds is 9. The molecule has 27 heavy (non-hydrogen) atoms. The van der Waals surface area contributed by atoms with Crippen LogP contribution < -0.4 is 5.32 Å². The van der Waals surface area contributed by atoms with Crippen molar-refractivity contribution in [2.75, 3.05) is 6.79 Å². The van der Waals surface area contributed by atoms with E-state index in [1.165, 1.54) is 0 Å². The van der Waals surface area contributed by atoms with Gasteiger partial charge in [-0.2, -0.15) is 0 Å². The van der Waals surface area contributed by atoms with Crippen molar-refractivity contribution in [3.05, 3.63) is 0 Å². The molecule has 0 aliphatic heterocycles. The highest BCUT2D eigenvalue weighted by Gasteiger charge is 2.45. The number of nitrogens with one attached hydrogen (secondary N) is 1. The number of alkyl carbamates (subject to hydrolysis) is 1. The first-order valence-electron chi connectivity index (χ1n) is 9.95. The molecule has 1 atom stereocenters. The second-order valence-corrected chi connectivity index (χ2v) is 14.9. The zero-order valence-corrected chi connectivity index (χ0v) is 20.1. The van der Waals surface area contributed by atoms with Crippen LogP contribution in [-0.4, -0.2) is 38.8 Å². The molecule has 0 rings (SSSR count). The molecular formula is C20H41NO5Si. The van der Waals surface area contributed by atoms with Crippen LogP contribution in [-0.2, 0) is 18.7 Å². The molecule has 1 amide bonds. The van der Waals surface area contributed by atoms with Gasteiger partial charge in [0.2, 0.25) is 8.32 Å². The van der Waals surface area contributed by atoms with Crippen LogP contribution in [0.4, 0.5) is 4.79 Å². The fraction of sp³-hybridized carbons (Fsp3) is 0.900. The number of hydrogen-bond acceptors (Lipinski definition) is 5. The van der Waals surface area contributed by atoms with Crippen molar-refractivity contribution in [3.63, 3.8) is 0 Å². The molecular weight excluding hydrogens is 362 g/mol. The van der Waals surface area contributed by atoms with Crippen LogP contribution >= 0.6 is 0 Å². The largest absolute Gasteiger partial charge is 0.444 e. The van der Waals surface area contributed by atoms with Crippen molar-refractivity contribution in [3.8, 4) is 0 Å². The lowest BCUT2D eigenvalue weighted by Crippen LogP contribution is -2.50. The Bertz CT molecular complexity index is 461. The van der Waals surface area contributed by atoms with Gasteiger partial charge in [-0.3, -0.25) is 0 Å². The van der Waals surface area contributed by atoms with Gasteiger partial charge in [0.25, 0.3) is 0 Å². The molecule has 0 aromatic heterocycles. The Hall–Kier alpha value is -1.08. The summed E-state index contributed by atoms with van der Waals surface area (Å²) in [6.45, 7) is 22.0. The molecule has 0 fully saturated rings. The minimum Gasteiger partial charge on any atom is -0.444 e. The SMILES string of the molecule is CC(C)[C@H](NC(=O)OC(C)(C)C)C(=O)OCO[Si](C(C)C)(C(C)C)C(C)C. The molecule has 0 spiro atoms. The minimum absolute atomic E-state index is 0.0845. The second kappa shape index (κ2) is 10.5. The monoisotopic (exact) mass is 403 g/mol. The molecule has 1 N–H and O–H groups in total. The molecule has 0 aliphatic carbocycles. The number of ether oxygens (including phenoxy) is 2. The highest BCUT2D eigenvalue weighted by Crippen LogP contribution is 2.42. The molecule has 160 valence electrons. The maximum Gasteiger partial charge on any atom is 0.408 e. The quantitative estimate of drug-likeness (QED) is 0.324. The van der Waals surface area contributed by atoms with Crippen LogP contribution in [0.25, 0.3) is 0 Å². The van der Waals surface area contributed by atoms with Crippen LogP contribution in [0.2, 0.25) is 16.6 Å². The summed E-state index contributed by atoms with van der Waals surface area (Å²) >= 11 is 0. The molecule has 6 nitrogen and oxygen atoms in total. The summed E-state index contributed by atoms with van der Waals surface area (Å²) in [5, 5.41) is 2.61. The van der Waals surface area contributed by atoms with Crippen LogP contribution in [0.5, 0.6) is 0 Å². The zero-order chi connectivity index (χ0) is 21.6. The third-order valence-electron chi connectivity index (χ3n) is 4.81. The molecule has 0 aromatic rings. The van der Waals surface area contributed by atoms with E-state index in [1.807, 2.05) is 13.8 Å². The topological polar surface area (TPSA) is 73.9 Å². The molecule has 0 aromatic carbocycles. The Balaban J connectivity index is 4.99. The van der Waals surface area contributed by atoms with Gasteiger partial charge >= 0.3 is 12.1 Å². The van der Waals surface area contributed by atoms with Gasteiger partial charge in [0.1, 0.15) is 11.6 Å². The van der Waals surface area contributed by atoms with Gasteiger partial charge < -0.3 is 19.2 Å². The maximum atomic E-state index is 12.5. The highest BCUT2D eigenvalue weighted by atomic mass is 28.4. The fourth-order valence-electron chi connectivity index (χ4n) is 3.71. The van der Waals surface area contributed by atoms with Gasteiger partial charge in [-0.1, -0.05) is 55.4 Å². The summed E-state index contributed by atoms with van der Waals surface area (Å²) in [4.78, 5) is 24.5. The molecule has 0 saturated carbocycles. The van der Waals surface area contributed by atoms with E-state index in [2.05, 4.69) is 46.9 Å². The van der Waals surface area contributed by atoms with Gasteiger partial charge in [-0.15, -0.1) is 0 Å². The Morgan fingerprint density at radius 2 is 1.33 bits per heavy atom. The summed E-state index contributed by atoms with van der Waals surface area (Å²) in [5.41, 5.74) is 0.571. The Kier molecular flexibility index (Phi) is 10.0. The van der Waals surface area contributed by atoms with E-state index < -0.39 is 32.0 Å². The molecule has 0 unspecified atom stereocenters. The lowest BCUT2D eigenvalue weighted by molar-refractivity contribution is -0.154. The van der Waals surface area contributed by atoms with E-state index in [0.717, 1.165) is 0 Å². The van der Waals surface area contributed by atoms with Gasteiger partial charge in [0.15, 0.2) is 6.79 Å². The first-order chi connectivity index (χ1) is 12.1. The Labute approximate surface area is 166 Å². The van der Waals surface area contributed by atoms with Crippen LogP contribution in [0.1, 0.15) is 76.2 Å². The fourth-order valence-corrected chi connectivity index (χ4v) is 8.97. The molecule has 0 aliphatic rings. The van der Waals surface area contributed by atoms with E-state index >= 15 is 0 Å². The summed E-state index contributed by atoms with van der Waals surface area (Å²) in [6.07, 6.45) is -0.630. The molecule has 7 heteroatoms. The van der Waals surface area contributed by atoms with Crippen molar-refractivity contribution in [2.24, 2.45) is 5.92 Å². The maximum absolute atomic E-state index is 12.5. The minimum atomic E-state index is -2.11. The van der Waals surface area contributed by atoms with Gasteiger partial charge in [0, 0.05) is 0 Å². The van der Waals surface area contributed by atoms with Gasteiger partial charge in [-0.05, 0) is 43.3 Å². The van der Waals surface area contributed by atoms with Gasteiger partial charge in [-0.25, -0.2) is 9.59 Å². The third kappa shape index (κ3) is 7.82. The van der Waals surface area contributed by atoms with E-state index in [1.54, 1.807) is 20.8 Å². The summed E-state index contributed by atoms with van der Waals surface area (Å²) in [6, 6.07) is -0.781. The van der Waals surface area contributed by atoms with E-state index in [9.17, 15) is 9.59 Å². The molecule has 0 bridgehead atoms. The van der Waals surface area contributed by atoms with Crippen LogP contribution in [0.3, 0.4) is 0 Å². The normalized spacial score (nSPS) is 14.0. The standard InChI is InChI=1S/C20H41NO5Si/c1-13(2)17(21-19(23)26-20(9,10)11)18(22)24-12-25-27(14(3)4,15(5)6)16(7)8/h13-17H,12H2,1-11H3,(H,21,23)/t17-/m0/s1. The lowest BCUT2D eigenvalue weighted by Gasteiger charge is -2.41. The van der Waals surface area contributed by atoms with Crippen molar-refractivity contribution >= 4 is 20.4 Å². The van der Waals surface area contributed by atoms with Gasteiger partial charge in [0.05, 0.1) is 0 Å². The van der Waals surface area contributed by atoms with E-state index in [-0.39, 0.29) is 12.7 Å². The number of amides is 1. The number of esters is 1. The molecule has 0 heterocycles. The average Bonchev–Trinajstić information content (AvgIpc) is 2.45. The van der Waals surface area contributed by atoms with Crippen molar-refractivity contribution in [2.45, 2.75) is 104 Å². The van der Waals surface area contributed by atoms with Crippen molar-refractivity contribution in [1.29, 1.82) is 0 Å². The van der Waals surface area contributed by atoms with Crippen molar-refractivity contribution in [1.82, 2.24) is 5.32 Å². The van der Waals surface area contributed by atoms with Crippen molar-refractivity contribution < 1.29 is 23.5 Å². The first-order valence-corrected chi connectivity index (χ1v) is 12.1. The highest BCUT2D eigenvalue weighted by molar-refractivity contribution is 6.77. The predicted molar refractivity (Wildman–Crippen MR) is 111 cm³/mol. The number of carbonyl (C=O) groups is 2. The van der Waals surface area contributed by atoms with E-state index in [4.69, 9.17) is 13.9 Å². The third-order valence-corrected chi connectivity index (χ3v) is 10.8. The second-order valence-electron chi connectivity index (χ2n) is 9.41. The molecule has 0 saturated heterocycles. The number of carbonyl (C=O) groups excluding carboxylic acids is 2. The first kappa shape index (κ1) is 25.9. The zero-order valence-electron chi connectivity index (χ0n) is 19.1. The summed E-state index contributed by atoms with van der Waals surface area (Å²) in [7, 11) is -2.11. The summed E-state index contributed by atoms with van der Waals surface area (Å²) < 4.78 is 16.9. The lowest BCUT2D eigenvalue weighted by atomic mass is 10.1.